The molecule has 0 aliphatic rings. The van der Waals surface area contributed by atoms with E-state index in [-0.39, 0.29) is 5.41 Å². The molecule has 0 spiro atoms. The number of pyridine rings is 2. The number of hydrogen-bond donors (Lipinski definition) is 0. The van der Waals surface area contributed by atoms with Crippen LogP contribution in [0.25, 0.3) is 59.8 Å². The van der Waals surface area contributed by atoms with Gasteiger partial charge in [-0.2, -0.15) is 0 Å². The lowest BCUT2D eigenvalue weighted by molar-refractivity contribution is 0.596. The molecule has 166 valence electrons. The molecule has 0 bridgehead atoms. The van der Waals surface area contributed by atoms with E-state index in [2.05, 4.69) is 106 Å². The first kappa shape index (κ1) is 19.8. The molecule has 0 saturated carbocycles. The summed E-state index contributed by atoms with van der Waals surface area (Å²) in [7, 11) is 0. The van der Waals surface area contributed by atoms with Gasteiger partial charge in [0.15, 0.2) is 0 Å². The van der Waals surface area contributed by atoms with E-state index in [0.717, 1.165) is 5.52 Å². The summed E-state index contributed by atoms with van der Waals surface area (Å²) in [6.07, 6.45) is 1.97. The molecule has 0 saturated heterocycles. The number of aromatic nitrogens is 2. The first-order chi connectivity index (χ1) is 16.4. The summed E-state index contributed by atoms with van der Waals surface area (Å²) in [6.45, 7) is 11.6. The standard InChI is InChI=1S/C32H28N2/c1-18(2)26-21-10-7-6-9-20(21)17-23-29-27-19(15-16-33-29)13-14-22-28-24(32(3,4)5)11-8-12-25(28)34(30(22)27)31(23)26/h6-18H,1-5H3. The minimum atomic E-state index is 0.0481. The molecule has 0 radical (unpaired) electrons. The second-order valence-electron chi connectivity index (χ2n) is 11.1. The average molecular weight is 441 g/mol. The predicted molar refractivity (Wildman–Crippen MR) is 147 cm³/mol. The first-order valence-corrected chi connectivity index (χ1v) is 12.3. The van der Waals surface area contributed by atoms with Gasteiger partial charge < -0.3 is 4.40 Å². The maximum atomic E-state index is 5.00. The second kappa shape index (κ2) is 6.48. The van der Waals surface area contributed by atoms with Crippen LogP contribution in [0.5, 0.6) is 0 Å². The van der Waals surface area contributed by atoms with Crippen molar-refractivity contribution in [2.24, 2.45) is 0 Å². The molecular weight excluding hydrogens is 412 g/mol. The molecule has 0 fully saturated rings. The molecular formula is C32H28N2. The third-order valence-electron chi connectivity index (χ3n) is 7.61. The first-order valence-electron chi connectivity index (χ1n) is 12.3. The zero-order chi connectivity index (χ0) is 23.4. The Morgan fingerprint density at radius 3 is 2.35 bits per heavy atom. The van der Waals surface area contributed by atoms with Crippen molar-refractivity contribution in [3.05, 3.63) is 84.1 Å². The van der Waals surface area contributed by atoms with Crippen LogP contribution in [0.4, 0.5) is 0 Å². The molecule has 7 aromatic rings. The van der Waals surface area contributed by atoms with Crippen molar-refractivity contribution in [1.29, 1.82) is 0 Å². The fraction of sp³-hybridized carbons (Fsp3) is 0.219. The fourth-order valence-electron chi connectivity index (χ4n) is 6.25. The van der Waals surface area contributed by atoms with E-state index in [1.165, 1.54) is 65.4 Å². The SMILES string of the molecule is CC(C)c1c2ccccc2cc2c3nccc4ccc5c6c(C(C)(C)C)cccc6n(c12)c5c43. The zero-order valence-corrected chi connectivity index (χ0v) is 20.4. The van der Waals surface area contributed by atoms with E-state index in [4.69, 9.17) is 4.98 Å². The lowest BCUT2D eigenvalue weighted by atomic mass is 9.84. The largest absolute Gasteiger partial charge is 0.308 e. The summed E-state index contributed by atoms with van der Waals surface area (Å²) in [6, 6.07) is 24.8. The Morgan fingerprint density at radius 1 is 0.735 bits per heavy atom. The Hall–Kier alpha value is -3.65. The molecule has 2 heteroatoms. The molecule has 0 aliphatic carbocycles. The van der Waals surface area contributed by atoms with Gasteiger partial charge in [-0.1, -0.05) is 83.1 Å². The summed E-state index contributed by atoms with van der Waals surface area (Å²) >= 11 is 0. The highest BCUT2D eigenvalue weighted by molar-refractivity contribution is 6.29. The summed E-state index contributed by atoms with van der Waals surface area (Å²) in [5.41, 5.74) is 7.86. The van der Waals surface area contributed by atoms with E-state index in [1.54, 1.807) is 0 Å². The Kier molecular flexibility index (Phi) is 3.77. The molecule has 4 aromatic carbocycles. The van der Waals surface area contributed by atoms with Crippen LogP contribution in [0.3, 0.4) is 0 Å². The van der Waals surface area contributed by atoms with Crippen molar-refractivity contribution in [3.8, 4) is 0 Å². The van der Waals surface area contributed by atoms with Crippen molar-refractivity contribution >= 4 is 59.8 Å². The molecule has 7 rings (SSSR count). The quantitative estimate of drug-likeness (QED) is 0.184. The van der Waals surface area contributed by atoms with Crippen molar-refractivity contribution in [1.82, 2.24) is 9.38 Å². The van der Waals surface area contributed by atoms with Gasteiger partial charge in [0.05, 0.1) is 22.1 Å². The molecule has 3 aromatic heterocycles. The van der Waals surface area contributed by atoms with Crippen LogP contribution >= 0.6 is 0 Å². The van der Waals surface area contributed by atoms with Gasteiger partial charge in [0, 0.05) is 27.7 Å². The zero-order valence-electron chi connectivity index (χ0n) is 20.4. The van der Waals surface area contributed by atoms with Crippen LogP contribution in [0.15, 0.2) is 72.9 Å². The van der Waals surface area contributed by atoms with E-state index in [9.17, 15) is 0 Å². The lowest BCUT2D eigenvalue weighted by Crippen LogP contribution is -2.11. The maximum absolute atomic E-state index is 5.00. The maximum Gasteiger partial charge on any atom is 0.0823 e. The Labute approximate surface area is 199 Å². The number of nitrogens with zero attached hydrogens (tertiary/aromatic N) is 2. The van der Waals surface area contributed by atoms with Gasteiger partial charge >= 0.3 is 0 Å². The van der Waals surface area contributed by atoms with Gasteiger partial charge in [0.2, 0.25) is 0 Å². The fourth-order valence-corrected chi connectivity index (χ4v) is 6.25. The van der Waals surface area contributed by atoms with Crippen LogP contribution in [0.2, 0.25) is 0 Å². The third kappa shape index (κ3) is 2.38. The highest BCUT2D eigenvalue weighted by Gasteiger charge is 2.26. The van der Waals surface area contributed by atoms with E-state index >= 15 is 0 Å². The van der Waals surface area contributed by atoms with Crippen LogP contribution < -0.4 is 0 Å². The van der Waals surface area contributed by atoms with Gasteiger partial charge in [0.1, 0.15) is 0 Å². The highest BCUT2D eigenvalue weighted by atomic mass is 14.9. The van der Waals surface area contributed by atoms with Crippen molar-refractivity contribution in [3.63, 3.8) is 0 Å². The van der Waals surface area contributed by atoms with E-state index in [0.29, 0.717) is 5.92 Å². The molecule has 0 amide bonds. The molecule has 0 unspecified atom stereocenters. The number of hydrogen-bond acceptors (Lipinski definition) is 1. The van der Waals surface area contributed by atoms with Crippen LogP contribution in [0, 0.1) is 0 Å². The molecule has 34 heavy (non-hydrogen) atoms. The van der Waals surface area contributed by atoms with Crippen molar-refractivity contribution in [2.75, 3.05) is 0 Å². The second-order valence-corrected chi connectivity index (χ2v) is 11.1. The smallest absolute Gasteiger partial charge is 0.0823 e. The monoisotopic (exact) mass is 440 g/mol. The molecule has 3 heterocycles. The van der Waals surface area contributed by atoms with Crippen LogP contribution in [-0.4, -0.2) is 9.38 Å². The summed E-state index contributed by atoms with van der Waals surface area (Å²) < 4.78 is 2.56. The minimum Gasteiger partial charge on any atom is -0.308 e. The Bertz CT molecular complexity index is 1910. The summed E-state index contributed by atoms with van der Waals surface area (Å²) in [4.78, 5) is 5.00. The molecule has 0 atom stereocenters. The van der Waals surface area contributed by atoms with Gasteiger partial charge in [0.25, 0.3) is 0 Å². The lowest BCUT2D eigenvalue weighted by Gasteiger charge is -2.20. The average Bonchev–Trinajstić information content (AvgIpc) is 3.16. The van der Waals surface area contributed by atoms with E-state index < -0.39 is 0 Å². The third-order valence-corrected chi connectivity index (χ3v) is 7.61. The molecule has 2 nitrogen and oxygen atoms in total. The minimum absolute atomic E-state index is 0.0481. The van der Waals surface area contributed by atoms with Gasteiger partial charge in [-0.25, -0.2) is 0 Å². The Balaban J connectivity index is 1.93. The van der Waals surface area contributed by atoms with Gasteiger partial charge in [-0.05, 0) is 56.8 Å². The normalized spacial score (nSPS) is 13.1. The van der Waals surface area contributed by atoms with Crippen LogP contribution in [-0.2, 0) is 5.41 Å². The molecule has 0 N–H and O–H groups in total. The van der Waals surface area contributed by atoms with Gasteiger partial charge in [-0.3, -0.25) is 4.98 Å². The summed E-state index contributed by atoms with van der Waals surface area (Å²) in [5, 5.41) is 9.09. The predicted octanol–water partition coefficient (Wildman–Crippen LogP) is 8.96. The molecule has 0 aliphatic heterocycles. The van der Waals surface area contributed by atoms with Crippen molar-refractivity contribution in [2.45, 2.75) is 46.0 Å². The highest BCUT2D eigenvalue weighted by Crippen LogP contribution is 2.46. The van der Waals surface area contributed by atoms with E-state index in [1.807, 2.05) is 6.20 Å². The van der Waals surface area contributed by atoms with Crippen molar-refractivity contribution < 1.29 is 0 Å². The van der Waals surface area contributed by atoms with Crippen LogP contribution in [0.1, 0.15) is 51.7 Å². The number of fused-ring (bicyclic) bond motifs is 7. The van der Waals surface area contributed by atoms with Gasteiger partial charge in [-0.15, -0.1) is 0 Å². The number of rotatable bonds is 1. The number of benzene rings is 4. The Morgan fingerprint density at radius 2 is 1.56 bits per heavy atom. The topological polar surface area (TPSA) is 17.3 Å². The summed E-state index contributed by atoms with van der Waals surface area (Å²) in [5.74, 6) is 0.377.